The van der Waals surface area contributed by atoms with E-state index in [2.05, 4.69) is 0 Å². The van der Waals surface area contributed by atoms with Crippen LogP contribution in [0, 0.1) is 5.92 Å². The Morgan fingerprint density at radius 1 is 1.21 bits per heavy atom. The highest BCUT2D eigenvalue weighted by Gasteiger charge is 2.40. The minimum absolute atomic E-state index is 0.0553. The predicted molar refractivity (Wildman–Crippen MR) is 59.0 cm³/mol. The molecule has 0 spiro atoms. The summed E-state index contributed by atoms with van der Waals surface area (Å²) in [5.41, 5.74) is 0. The Morgan fingerprint density at radius 2 is 1.57 bits per heavy atom. The van der Waals surface area contributed by atoms with Crippen molar-refractivity contribution in [3.63, 3.8) is 0 Å². The van der Waals surface area contributed by atoms with E-state index in [1.54, 1.807) is 13.8 Å². The maximum absolute atomic E-state index is 11.5. The van der Waals surface area contributed by atoms with Crippen molar-refractivity contribution in [3.05, 3.63) is 0 Å². The van der Waals surface area contributed by atoms with Crippen LogP contribution in [-0.4, -0.2) is 30.6 Å². The molecular weight excluding hydrogens is 200 g/mol. The van der Waals surface area contributed by atoms with Crippen molar-refractivity contribution in [3.8, 4) is 0 Å². The maximum Gasteiger partial charge on any atom is 0.155 e. The molecule has 0 heterocycles. The van der Waals surface area contributed by atoms with Gasteiger partial charge in [0.25, 0.3) is 0 Å². The summed E-state index contributed by atoms with van der Waals surface area (Å²) >= 11 is 0. The third kappa shape index (κ3) is 2.70. The molecule has 0 bridgehead atoms. The fourth-order valence-corrected chi connectivity index (χ4v) is 2.15. The summed E-state index contributed by atoms with van der Waals surface area (Å²) in [5, 5.41) is 9.99. The van der Waals surface area contributed by atoms with Crippen LogP contribution < -0.4 is 0 Å². The molecular formula is C10H22O3S. The largest absolute Gasteiger partial charge is 0.391 e. The minimum Gasteiger partial charge on any atom is -0.391 e. The molecule has 0 aromatic heterocycles. The van der Waals surface area contributed by atoms with Gasteiger partial charge in [0.1, 0.15) is 0 Å². The highest BCUT2D eigenvalue weighted by Crippen LogP contribution is 2.28. The summed E-state index contributed by atoms with van der Waals surface area (Å²) < 4.78 is 21.9. The second kappa shape index (κ2) is 4.62. The fraction of sp³-hybridized carbons (Fsp3) is 1.00. The molecule has 86 valence electrons. The second-order valence-corrected chi connectivity index (χ2v) is 6.99. The molecule has 0 fully saturated rings. The molecule has 1 N–H and O–H groups in total. The van der Waals surface area contributed by atoms with Gasteiger partial charge in [0.15, 0.2) is 9.84 Å². The molecule has 0 saturated carbocycles. The summed E-state index contributed by atoms with van der Waals surface area (Å²) in [7, 11) is -3.22. The Morgan fingerprint density at radius 3 is 1.79 bits per heavy atom. The van der Waals surface area contributed by atoms with Crippen molar-refractivity contribution >= 4 is 9.84 Å². The molecule has 3 nitrogen and oxygen atoms in total. The smallest absolute Gasteiger partial charge is 0.155 e. The van der Waals surface area contributed by atoms with E-state index in [1.807, 2.05) is 13.8 Å². The van der Waals surface area contributed by atoms with Crippen LogP contribution in [0.1, 0.15) is 40.5 Å². The summed E-state index contributed by atoms with van der Waals surface area (Å²) in [4.78, 5) is 0. The summed E-state index contributed by atoms with van der Waals surface area (Å²) in [6.07, 6.45) is 2.00. The van der Waals surface area contributed by atoms with Crippen LogP contribution in [0.5, 0.6) is 0 Å². The third-order valence-electron chi connectivity index (χ3n) is 3.16. The fourth-order valence-electron chi connectivity index (χ4n) is 1.52. The molecule has 0 aromatic rings. The molecule has 4 heteroatoms. The van der Waals surface area contributed by atoms with E-state index in [1.165, 1.54) is 6.26 Å². The number of hydrogen-bond acceptors (Lipinski definition) is 3. The summed E-state index contributed by atoms with van der Waals surface area (Å²) in [6, 6.07) is 0. The van der Waals surface area contributed by atoms with Gasteiger partial charge in [-0.2, -0.15) is 0 Å². The van der Waals surface area contributed by atoms with E-state index in [0.717, 1.165) is 12.8 Å². The van der Waals surface area contributed by atoms with Crippen molar-refractivity contribution in [1.82, 2.24) is 0 Å². The topological polar surface area (TPSA) is 54.4 Å². The van der Waals surface area contributed by atoms with Crippen LogP contribution in [0.2, 0.25) is 0 Å². The highest BCUT2D eigenvalue weighted by molar-refractivity contribution is 7.92. The standard InChI is InChI=1S/C10H22O3S/c1-6-8(7-2)9(11)10(3,4)14(5,12)13/h8-9,11H,6-7H2,1-5H3. The lowest BCUT2D eigenvalue weighted by Gasteiger charge is -2.33. The Bertz CT molecular complexity index is 263. The molecule has 0 aliphatic heterocycles. The first-order valence-electron chi connectivity index (χ1n) is 5.06. The maximum atomic E-state index is 11.5. The zero-order valence-corrected chi connectivity index (χ0v) is 10.6. The second-order valence-electron chi connectivity index (χ2n) is 4.40. The van der Waals surface area contributed by atoms with Crippen molar-refractivity contribution in [2.24, 2.45) is 5.92 Å². The van der Waals surface area contributed by atoms with Gasteiger partial charge < -0.3 is 5.11 Å². The number of aliphatic hydroxyl groups excluding tert-OH is 1. The Balaban J connectivity index is 4.92. The van der Waals surface area contributed by atoms with Crippen molar-refractivity contribution in [1.29, 1.82) is 0 Å². The number of hydrogen-bond donors (Lipinski definition) is 1. The van der Waals surface area contributed by atoms with Gasteiger partial charge in [0.2, 0.25) is 0 Å². The van der Waals surface area contributed by atoms with Crippen LogP contribution in [0.25, 0.3) is 0 Å². The van der Waals surface area contributed by atoms with E-state index < -0.39 is 20.7 Å². The normalized spacial score (nSPS) is 15.9. The molecule has 1 atom stereocenters. The quantitative estimate of drug-likeness (QED) is 0.769. The number of rotatable bonds is 5. The van der Waals surface area contributed by atoms with Gasteiger partial charge in [0, 0.05) is 6.26 Å². The Hall–Kier alpha value is -0.0900. The lowest BCUT2D eigenvalue weighted by atomic mass is 9.89. The lowest BCUT2D eigenvalue weighted by Crippen LogP contribution is -2.47. The Kier molecular flexibility index (Phi) is 4.59. The predicted octanol–water partition coefficient (Wildman–Crippen LogP) is 1.61. The van der Waals surface area contributed by atoms with Gasteiger partial charge in [-0.15, -0.1) is 0 Å². The summed E-state index contributed by atoms with van der Waals surface area (Å²) in [6.45, 7) is 7.11. The Labute approximate surface area is 87.4 Å². The zero-order chi connectivity index (χ0) is 11.6. The van der Waals surface area contributed by atoms with Gasteiger partial charge in [-0.1, -0.05) is 26.7 Å². The van der Waals surface area contributed by atoms with Crippen molar-refractivity contribution in [2.75, 3.05) is 6.26 Å². The van der Waals surface area contributed by atoms with Gasteiger partial charge >= 0.3 is 0 Å². The van der Waals surface area contributed by atoms with E-state index in [0.29, 0.717) is 0 Å². The summed E-state index contributed by atoms with van der Waals surface area (Å²) in [5.74, 6) is 0.0553. The van der Waals surface area contributed by atoms with Gasteiger partial charge in [-0.05, 0) is 19.8 Å². The highest BCUT2D eigenvalue weighted by atomic mass is 32.2. The average molecular weight is 222 g/mol. The molecule has 0 amide bonds. The van der Waals surface area contributed by atoms with Crippen molar-refractivity contribution < 1.29 is 13.5 Å². The molecule has 14 heavy (non-hydrogen) atoms. The molecule has 0 aliphatic rings. The number of aliphatic hydroxyl groups is 1. The molecule has 0 rings (SSSR count). The van der Waals surface area contributed by atoms with Crippen LogP contribution in [0.15, 0.2) is 0 Å². The minimum atomic E-state index is -3.22. The van der Waals surface area contributed by atoms with E-state index in [9.17, 15) is 13.5 Å². The molecule has 0 aromatic carbocycles. The van der Waals surface area contributed by atoms with Crippen LogP contribution in [0.3, 0.4) is 0 Å². The van der Waals surface area contributed by atoms with Crippen LogP contribution >= 0.6 is 0 Å². The van der Waals surface area contributed by atoms with Gasteiger partial charge in [-0.3, -0.25) is 0 Å². The van der Waals surface area contributed by atoms with E-state index in [-0.39, 0.29) is 5.92 Å². The zero-order valence-electron chi connectivity index (χ0n) is 9.74. The molecule has 0 radical (unpaired) electrons. The van der Waals surface area contributed by atoms with E-state index >= 15 is 0 Å². The lowest BCUT2D eigenvalue weighted by molar-refractivity contribution is 0.0718. The SMILES string of the molecule is CCC(CC)C(O)C(C)(C)S(C)(=O)=O. The van der Waals surface area contributed by atoms with Crippen LogP contribution in [0.4, 0.5) is 0 Å². The van der Waals surface area contributed by atoms with Crippen LogP contribution in [-0.2, 0) is 9.84 Å². The van der Waals surface area contributed by atoms with Gasteiger partial charge in [-0.25, -0.2) is 8.42 Å². The monoisotopic (exact) mass is 222 g/mol. The first kappa shape index (κ1) is 13.9. The van der Waals surface area contributed by atoms with Gasteiger partial charge in [0.05, 0.1) is 10.9 Å². The molecule has 0 saturated heterocycles. The first-order valence-corrected chi connectivity index (χ1v) is 6.95. The van der Waals surface area contributed by atoms with E-state index in [4.69, 9.17) is 0 Å². The molecule has 0 aliphatic carbocycles. The molecule has 1 unspecified atom stereocenters. The number of sulfone groups is 1. The first-order chi connectivity index (χ1) is 6.18. The average Bonchev–Trinajstić information content (AvgIpc) is 2.04. The van der Waals surface area contributed by atoms with Crippen molar-refractivity contribution in [2.45, 2.75) is 51.4 Å². The third-order valence-corrected chi connectivity index (χ3v) is 5.32.